The van der Waals surface area contributed by atoms with Crippen LogP contribution in [0.15, 0.2) is 60.7 Å². The van der Waals surface area contributed by atoms with Gasteiger partial charge in [-0.25, -0.2) is 4.79 Å². The molecular weight excluding hydrogens is 416 g/mol. The predicted molar refractivity (Wildman–Crippen MR) is 125 cm³/mol. The number of aliphatic hydroxyl groups is 2. The van der Waals surface area contributed by atoms with Gasteiger partial charge in [-0.15, -0.1) is 0 Å². The number of benzene rings is 2. The number of aryl methyl sites for hydroxylation is 1. The highest BCUT2D eigenvalue weighted by atomic mass is 16.5. The van der Waals surface area contributed by atoms with E-state index >= 15 is 0 Å². The molecule has 1 unspecified atom stereocenters. The molecular formula is C28H32O5. The molecule has 3 aliphatic rings. The van der Waals surface area contributed by atoms with E-state index in [1.807, 2.05) is 36.4 Å². The Labute approximate surface area is 194 Å². The molecule has 0 bridgehead atoms. The molecule has 0 saturated heterocycles. The van der Waals surface area contributed by atoms with Crippen LogP contribution < -0.4 is 4.74 Å². The molecule has 2 saturated carbocycles. The second-order valence-electron chi connectivity index (χ2n) is 9.93. The van der Waals surface area contributed by atoms with Crippen molar-refractivity contribution < 1.29 is 24.9 Å². The number of carbonyl (C=O) groups is 1. The third-order valence-electron chi connectivity index (χ3n) is 8.14. The minimum Gasteiger partial charge on any atom is -0.490 e. The summed E-state index contributed by atoms with van der Waals surface area (Å²) in [6, 6.07) is 15.3. The molecule has 33 heavy (non-hydrogen) atoms. The van der Waals surface area contributed by atoms with Crippen LogP contribution >= 0.6 is 0 Å². The Kier molecular flexibility index (Phi) is 6.02. The van der Waals surface area contributed by atoms with Gasteiger partial charge in [0.1, 0.15) is 11.9 Å². The van der Waals surface area contributed by atoms with Crippen LogP contribution in [0.1, 0.15) is 60.0 Å². The topological polar surface area (TPSA) is 87.0 Å². The summed E-state index contributed by atoms with van der Waals surface area (Å²) in [6.07, 6.45) is 8.88. The third-order valence-corrected chi connectivity index (χ3v) is 8.14. The highest BCUT2D eigenvalue weighted by molar-refractivity contribution is 5.88. The first-order valence-corrected chi connectivity index (χ1v) is 12.1. The van der Waals surface area contributed by atoms with Crippen LogP contribution in [0, 0.1) is 11.8 Å². The van der Waals surface area contributed by atoms with Crippen molar-refractivity contribution in [2.45, 2.75) is 68.7 Å². The summed E-state index contributed by atoms with van der Waals surface area (Å²) in [5.74, 6) is -0.288. The van der Waals surface area contributed by atoms with Crippen molar-refractivity contribution in [3.8, 4) is 5.75 Å². The van der Waals surface area contributed by atoms with E-state index in [9.17, 15) is 20.1 Å². The van der Waals surface area contributed by atoms with Gasteiger partial charge in [-0.05, 0) is 55.4 Å². The number of aromatic carboxylic acids is 1. The Balaban J connectivity index is 1.35. The van der Waals surface area contributed by atoms with Gasteiger partial charge >= 0.3 is 5.97 Å². The number of carboxylic acid groups (broad SMARTS) is 1. The van der Waals surface area contributed by atoms with Gasteiger partial charge in [-0.2, -0.15) is 0 Å². The normalized spacial score (nSPS) is 29.2. The van der Waals surface area contributed by atoms with E-state index < -0.39 is 18.2 Å². The van der Waals surface area contributed by atoms with Crippen LogP contribution in [0.5, 0.6) is 5.75 Å². The van der Waals surface area contributed by atoms with Crippen LogP contribution in [0.3, 0.4) is 0 Å². The molecule has 2 aromatic carbocycles. The summed E-state index contributed by atoms with van der Waals surface area (Å²) in [5, 5.41) is 31.4. The minimum absolute atomic E-state index is 0.0817. The lowest BCUT2D eigenvalue weighted by Gasteiger charge is -2.45. The van der Waals surface area contributed by atoms with Crippen LogP contribution in [0.2, 0.25) is 0 Å². The summed E-state index contributed by atoms with van der Waals surface area (Å²) in [6.45, 7) is 0. The standard InChI is InChI=1S/C28H32O5/c29-23-17-25-22(9-4-6-18-10-11-19(27(31)32)16-24(18)33-25)21(23)12-13-26(30)28(14-5-15-28)20-7-2-1-3-8-20/h1-3,7-8,10-13,16,21-23,25-26,29-30H,4-6,9,14-15,17H2,(H,31,32)/b13-12+/t21-,22-,23-,25+,26?/m1/s1. The number of carboxylic acids is 1. The summed E-state index contributed by atoms with van der Waals surface area (Å²) in [7, 11) is 0. The fourth-order valence-corrected chi connectivity index (χ4v) is 6.08. The van der Waals surface area contributed by atoms with Gasteiger partial charge < -0.3 is 20.1 Å². The third kappa shape index (κ3) is 4.09. The van der Waals surface area contributed by atoms with E-state index in [2.05, 4.69) is 12.1 Å². The van der Waals surface area contributed by atoms with Gasteiger partial charge in [0.2, 0.25) is 0 Å². The van der Waals surface area contributed by atoms with Crippen LogP contribution in [-0.4, -0.2) is 39.6 Å². The van der Waals surface area contributed by atoms with E-state index in [0.29, 0.717) is 12.2 Å². The van der Waals surface area contributed by atoms with Gasteiger partial charge in [0.05, 0.1) is 17.8 Å². The molecule has 1 heterocycles. The van der Waals surface area contributed by atoms with Crippen LogP contribution in [0.4, 0.5) is 0 Å². The lowest BCUT2D eigenvalue weighted by atomic mass is 9.61. The number of hydrogen-bond acceptors (Lipinski definition) is 4. The molecule has 5 nitrogen and oxygen atoms in total. The first-order valence-electron chi connectivity index (χ1n) is 12.1. The maximum atomic E-state index is 11.4. The largest absolute Gasteiger partial charge is 0.490 e. The van der Waals surface area contributed by atoms with Crippen molar-refractivity contribution >= 4 is 5.97 Å². The quantitative estimate of drug-likeness (QED) is 0.586. The molecule has 0 radical (unpaired) electrons. The molecule has 174 valence electrons. The Morgan fingerprint density at radius 2 is 1.91 bits per heavy atom. The van der Waals surface area contributed by atoms with E-state index in [1.54, 1.807) is 12.1 Å². The van der Waals surface area contributed by atoms with E-state index in [0.717, 1.165) is 44.1 Å². The van der Waals surface area contributed by atoms with Gasteiger partial charge in [0.25, 0.3) is 0 Å². The zero-order chi connectivity index (χ0) is 23.0. The van der Waals surface area contributed by atoms with Crippen molar-refractivity contribution in [3.63, 3.8) is 0 Å². The summed E-state index contributed by atoms with van der Waals surface area (Å²) in [4.78, 5) is 11.4. The molecule has 2 fully saturated rings. The lowest BCUT2D eigenvalue weighted by Crippen LogP contribution is -2.44. The summed E-state index contributed by atoms with van der Waals surface area (Å²) in [5.41, 5.74) is 2.19. The zero-order valence-corrected chi connectivity index (χ0v) is 18.8. The lowest BCUT2D eigenvalue weighted by molar-refractivity contribution is 0.0613. The predicted octanol–water partition coefficient (Wildman–Crippen LogP) is 4.50. The molecule has 5 atom stereocenters. The zero-order valence-electron chi connectivity index (χ0n) is 18.8. The molecule has 1 aliphatic heterocycles. The van der Waals surface area contributed by atoms with Crippen molar-refractivity contribution in [2.24, 2.45) is 11.8 Å². The fourth-order valence-electron chi connectivity index (χ4n) is 6.08. The van der Waals surface area contributed by atoms with E-state index in [1.165, 1.54) is 5.56 Å². The average Bonchev–Trinajstić information content (AvgIpc) is 3.04. The van der Waals surface area contributed by atoms with Gasteiger partial charge in [-0.3, -0.25) is 0 Å². The molecule has 2 aromatic rings. The highest BCUT2D eigenvalue weighted by Crippen LogP contribution is 2.47. The van der Waals surface area contributed by atoms with Gasteiger partial charge in [0, 0.05) is 23.7 Å². The molecule has 5 heteroatoms. The minimum atomic E-state index is -0.968. The first kappa shape index (κ1) is 22.2. The average molecular weight is 449 g/mol. The van der Waals surface area contributed by atoms with E-state index in [4.69, 9.17) is 4.74 Å². The van der Waals surface area contributed by atoms with E-state index in [-0.39, 0.29) is 28.9 Å². The van der Waals surface area contributed by atoms with Crippen LogP contribution in [0.25, 0.3) is 0 Å². The molecule has 5 rings (SSSR count). The molecule has 0 spiro atoms. The molecule has 0 amide bonds. The molecule has 2 aliphatic carbocycles. The number of hydrogen-bond donors (Lipinski definition) is 3. The number of rotatable bonds is 5. The van der Waals surface area contributed by atoms with Gasteiger partial charge in [-0.1, -0.05) is 55.0 Å². The van der Waals surface area contributed by atoms with Crippen molar-refractivity contribution in [1.82, 2.24) is 0 Å². The maximum Gasteiger partial charge on any atom is 0.335 e. The summed E-state index contributed by atoms with van der Waals surface area (Å²) >= 11 is 0. The Morgan fingerprint density at radius 1 is 1.12 bits per heavy atom. The SMILES string of the molecule is O=C(O)c1ccc2c(c1)O[C@H]1C[C@@H](O)[C@H](/C=C/C(O)C3(c4ccccc4)CCC3)[C@H]1CCC2. The molecule has 0 aromatic heterocycles. The highest BCUT2D eigenvalue weighted by Gasteiger charge is 2.46. The number of aliphatic hydroxyl groups excluding tert-OH is 2. The second kappa shape index (κ2) is 8.96. The fraction of sp³-hybridized carbons (Fsp3) is 0.464. The van der Waals surface area contributed by atoms with Crippen LogP contribution in [-0.2, 0) is 11.8 Å². The van der Waals surface area contributed by atoms with Crippen molar-refractivity contribution in [3.05, 3.63) is 77.4 Å². The first-order chi connectivity index (χ1) is 16.0. The van der Waals surface area contributed by atoms with Gasteiger partial charge in [0.15, 0.2) is 0 Å². The monoisotopic (exact) mass is 448 g/mol. The van der Waals surface area contributed by atoms with Crippen molar-refractivity contribution in [1.29, 1.82) is 0 Å². The summed E-state index contributed by atoms with van der Waals surface area (Å²) < 4.78 is 6.31. The smallest absolute Gasteiger partial charge is 0.335 e. The second-order valence-corrected chi connectivity index (χ2v) is 9.93. The maximum absolute atomic E-state index is 11.4. The number of ether oxygens (including phenoxy) is 1. The Morgan fingerprint density at radius 3 is 2.61 bits per heavy atom. The Bertz CT molecular complexity index is 1030. The van der Waals surface area contributed by atoms with Crippen molar-refractivity contribution in [2.75, 3.05) is 0 Å². The molecule has 3 N–H and O–H groups in total. The Hall–Kier alpha value is -2.63. The number of fused-ring (bicyclic) bond motifs is 2.